The van der Waals surface area contributed by atoms with Crippen molar-refractivity contribution in [3.05, 3.63) is 121 Å². The molecular weight excluding hydrogens is 328 g/mol. The van der Waals surface area contributed by atoms with Crippen molar-refractivity contribution in [2.75, 3.05) is 9.80 Å². The Morgan fingerprint density at radius 2 is 0.778 bits per heavy atom. The molecule has 0 saturated carbocycles. The molecule has 0 unspecified atom stereocenters. The lowest BCUT2D eigenvalue weighted by atomic mass is 10.1. The molecule has 0 fully saturated rings. The van der Waals surface area contributed by atoms with Crippen LogP contribution in [0.2, 0.25) is 0 Å². The van der Waals surface area contributed by atoms with E-state index in [1.807, 2.05) is 0 Å². The summed E-state index contributed by atoms with van der Waals surface area (Å²) in [6.45, 7) is 0. The lowest BCUT2D eigenvalue weighted by Gasteiger charge is -2.33. The second kappa shape index (κ2) is 6.65. The lowest BCUT2D eigenvalue weighted by Crippen LogP contribution is -2.30. The summed E-state index contributed by atoms with van der Waals surface area (Å²) in [4.78, 5) is 4.86. The van der Waals surface area contributed by atoms with Crippen LogP contribution >= 0.6 is 0 Å². The van der Waals surface area contributed by atoms with Crippen molar-refractivity contribution in [1.29, 1.82) is 0 Å². The monoisotopic (exact) mass is 348 g/mol. The Hall–Kier alpha value is -3.52. The van der Waals surface area contributed by atoms with E-state index in [0.29, 0.717) is 0 Å². The second-order valence-electron chi connectivity index (χ2n) is 6.68. The molecule has 0 N–H and O–H groups in total. The molecule has 0 atom stereocenters. The predicted molar refractivity (Wildman–Crippen MR) is 113 cm³/mol. The largest absolute Gasteiger partial charge is 0.314 e. The minimum absolute atomic E-state index is 0.0633. The third-order valence-electron chi connectivity index (χ3n) is 5.06. The summed E-state index contributed by atoms with van der Waals surface area (Å²) in [5.74, 6) is 0. The second-order valence-corrected chi connectivity index (χ2v) is 6.68. The third-order valence-corrected chi connectivity index (χ3v) is 5.06. The topological polar surface area (TPSA) is 6.48 Å². The van der Waals surface area contributed by atoms with E-state index in [2.05, 4.69) is 125 Å². The van der Waals surface area contributed by atoms with Gasteiger partial charge in [0.15, 0.2) is 0 Å². The highest BCUT2D eigenvalue weighted by atomic mass is 15.4. The molecule has 130 valence electrons. The minimum atomic E-state index is 0.0633. The number of nitrogens with zero attached hydrogens (tertiary/aromatic N) is 2. The highest BCUT2D eigenvalue weighted by Gasteiger charge is 2.38. The van der Waals surface area contributed by atoms with Gasteiger partial charge in [0.1, 0.15) is 6.17 Å². The van der Waals surface area contributed by atoms with E-state index in [-0.39, 0.29) is 6.17 Å². The molecule has 5 rings (SSSR count). The van der Waals surface area contributed by atoms with E-state index in [1.165, 1.54) is 28.3 Å². The number of anilines is 4. The first-order valence-corrected chi connectivity index (χ1v) is 9.26. The molecule has 2 nitrogen and oxygen atoms in total. The summed E-state index contributed by atoms with van der Waals surface area (Å²) in [5.41, 5.74) is 6.10. The molecule has 1 aliphatic rings. The highest BCUT2D eigenvalue weighted by Crippen LogP contribution is 2.53. The fourth-order valence-corrected chi connectivity index (χ4v) is 3.91. The minimum Gasteiger partial charge on any atom is -0.314 e. The fraction of sp³-hybridized carbons (Fsp3) is 0.0400. The molecule has 1 aliphatic heterocycles. The Morgan fingerprint density at radius 3 is 1.22 bits per heavy atom. The molecule has 0 spiro atoms. The number of rotatable bonds is 3. The van der Waals surface area contributed by atoms with Crippen LogP contribution in [-0.4, -0.2) is 0 Å². The molecule has 0 aliphatic carbocycles. The molecule has 0 amide bonds. The van der Waals surface area contributed by atoms with Crippen LogP contribution in [0.5, 0.6) is 0 Å². The van der Waals surface area contributed by atoms with E-state index in [4.69, 9.17) is 0 Å². The van der Waals surface area contributed by atoms with Crippen LogP contribution in [0, 0.1) is 0 Å². The highest BCUT2D eigenvalue weighted by molar-refractivity contribution is 5.88. The van der Waals surface area contributed by atoms with Gasteiger partial charge in [0.2, 0.25) is 0 Å². The Kier molecular flexibility index (Phi) is 3.87. The van der Waals surface area contributed by atoms with Crippen LogP contribution < -0.4 is 9.80 Å². The molecule has 0 aromatic heterocycles. The fourth-order valence-electron chi connectivity index (χ4n) is 3.91. The molecule has 0 saturated heterocycles. The van der Waals surface area contributed by atoms with Crippen molar-refractivity contribution in [3.8, 4) is 0 Å². The maximum absolute atomic E-state index is 2.43. The van der Waals surface area contributed by atoms with Crippen molar-refractivity contribution in [2.24, 2.45) is 0 Å². The first kappa shape index (κ1) is 15.7. The number of para-hydroxylation sites is 4. The van der Waals surface area contributed by atoms with Crippen molar-refractivity contribution in [2.45, 2.75) is 6.17 Å². The summed E-state index contributed by atoms with van der Waals surface area (Å²) in [6, 6.07) is 40.7. The normalized spacial score (nSPS) is 13.6. The van der Waals surface area contributed by atoms with Gasteiger partial charge in [-0.3, -0.25) is 0 Å². The van der Waals surface area contributed by atoms with Crippen molar-refractivity contribution in [3.63, 3.8) is 0 Å². The van der Waals surface area contributed by atoms with E-state index >= 15 is 0 Å². The van der Waals surface area contributed by atoms with Crippen molar-refractivity contribution in [1.82, 2.24) is 0 Å². The Morgan fingerprint density at radius 1 is 0.407 bits per heavy atom. The molecule has 0 radical (unpaired) electrons. The average molecular weight is 348 g/mol. The molecule has 1 heterocycles. The number of benzene rings is 4. The molecule has 2 heteroatoms. The van der Waals surface area contributed by atoms with E-state index in [1.54, 1.807) is 0 Å². The first-order chi connectivity index (χ1) is 13.4. The van der Waals surface area contributed by atoms with Gasteiger partial charge in [-0.15, -0.1) is 0 Å². The van der Waals surface area contributed by atoms with Crippen LogP contribution in [0.3, 0.4) is 0 Å². The first-order valence-electron chi connectivity index (χ1n) is 9.26. The van der Waals surface area contributed by atoms with Crippen LogP contribution in [0.25, 0.3) is 0 Å². The van der Waals surface area contributed by atoms with E-state index in [0.717, 1.165) is 0 Å². The average Bonchev–Trinajstić information content (AvgIpc) is 3.11. The van der Waals surface area contributed by atoms with Crippen molar-refractivity contribution >= 4 is 22.7 Å². The van der Waals surface area contributed by atoms with Gasteiger partial charge < -0.3 is 9.80 Å². The smallest absolute Gasteiger partial charge is 0.137 e. The third kappa shape index (κ3) is 2.67. The van der Waals surface area contributed by atoms with Gasteiger partial charge in [-0.25, -0.2) is 0 Å². The summed E-state index contributed by atoms with van der Waals surface area (Å²) < 4.78 is 0. The summed E-state index contributed by atoms with van der Waals surface area (Å²) in [5, 5.41) is 0. The van der Waals surface area contributed by atoms with Gasteiger partial charge in [0.25, 0.3) is 0 Å². The SMILES string of the molecule is c1ccc(C2N(c3ccccc3)c3ccccc3N2c2ccccc2)cc1. The standard InChI is InChI=1S/C25H20N2/c1-4-12-20(13-5-1)25-26(21-14-6-2-7-15-21)23-18-10-11-19-24(23)27(25)22-16-8-3-9-17-22/h1-19,25H. The molecule has 27 heavy (non-hydrogen) atoms. The zero-order chi connectivity index (χ0) is 18.1. The lowest BCUT2D eigenvalue weighted by molar-refractivity contribution is 0.746. The Balaban J connectivity index is 1.77. The zero-order valence-electron chi connectivity index (χ0n) is 14.9. The Bertz CT molecular complexity index is 963. The van der Waals surface area contributed by atoms with Gasteiger partial charge in [-0.05, 0) is 42.0 Å². The van der Waals surface area contributed by atoms with Gasteiger partial charge in [-0.2, -0.15) is 0 Å². The van der Waals surface area contributed by atoms with Gasteiger partial charge >= 0.3 is 0 Å². The molecule has 4 aromatic rings. The Labute approximate surface area is 159 Å². The van der Waals surface area contributed by atoms with Gasteiger partial charge in [0.05, 0.1) is 11.4 Å². The van der Waals surface area contributed by atoms with E-state index in [9.17, 15) is 0 Å². The van der Waals surface area contributed by atoms with E-state index < -0.39 is 0 Å². The molecule has 4 aromatic carbocycles. The quantitative estimate of drug-likeness (QED) is 0.408. The molecule has 0 bridgehead atoms. The summed E-state index contributed by atoms with van der Waals surface area (Å²) in [6.07, 6.45) is 0.0633. The summed E-state index contributed by atoms with van der Waals surface area (Å²) >= 11 is 0. The number of hydrogen-bond donors (Lipinski definition) is 0. The maximum atomic E-state index is 2.43. The van der Waals surface area contributed by atoms with Crippen LogP contribution in [0.15, 0.2) is 115 Å². The summed E-state index contributed by atoms with van der Waals surface area (Å²) in [7, 11) is 0. The predicted octanol–water partition coefficient (Wildman–Crippen LogP) is 6.68. The van der Waals surface area contributed by atoms with Gasteiger partial charge in [0, 0.05) is 11.4 Å². The van der Waals surface area contributed by atoms with Gasteiger partial charge in [-0.1, -0.05) is 78.9 Å². The number of hydrogen-bond acceptors (Lipinski definition) is 2. The molecular formula is C25H20N2. The van der Waals surface area contributed by atoms with Crippen LogP contribution in [0.4, 0.5) is 22.7 Å². The zero-order valence-corrected chi connectivity index (χ0v) is 14.9. The van der Waals surface area contributed by atoms with Crippen molar-refractivity contribution < 1.29 is 0 Å². The van der Waals surface area contributed by atoms with Crippen LogP contribution in [0.1, 0.15) is 11.7 Å². The number of fused-ring (bicyclic) bond motifs is 1. The maximum Gasteiger partial charge on any atom is 0.137 e. The van der Waals surface area contributed by atoms with Crippen LogP contribution in [-0.2, 0) is 0 Å².